The summed E-state index contributed by atoms with van der Waals surface area (Å²) in [6, 6.07) is 11.0. The van der Waals surface area contributed by atoms with Crippen LogP contribution in [-0.4, -0.2) is 26.5 Å². The minimum Gasteiger partial charge on any atom is -0.370 e. The number of nitrogens with one attached hydrogen (secondary N) is 1. The Hall–Kier alpha value is -2.76. The van der Waals surface area contributed by atoms with Gasteiger partial charge < -0.3 is 5.32 Å². The molecule has 0 aliphatic heterocycles. The van der Waals surface area contributed by atoms with Crippen molar-refractivity contribution in [2.75, 3.05) is 11.9 Å². The molecule has 0 spiro atoms. The van der Waals surface area contributed by atoms with Gasteiger partial charge >= 0.3 is 0 Å². The molecule has 106 valence electrons. The number of fused-ring (bicyclic) bond motifs is 1. The van der Waals surface area contributed by atoms with Crippen LogP contribution in [0.3, 0.4) is 0 Å². The topological polar surface area (TPSA) is 72.7 Å². The highest BCUT2D eigenvalue weighted by molar-refractivity contribution is 5.76. The van der Waals surface area contributed by atoms with E-state index < -0.39 is 0 Å². The summed E-state index contributed by atoms with van der Waals surface area (Å²) in [7, 11) is 0. The fourth-order valence-electron chi connectivity index (χ4n) is 2.10. The van der Waals surface area contributed by atoms with E-state index in [9.17, 15) is 4.79 Å². The van der Waals surface area contributed by atoms with Crippen molar-refractivity contribution in [3.63, 3.8) is 0 Å². The van der Waals surface area contributed by atoms with E-state index in [1.54, 1.807) is 18.3 Å². The Labute approximate surface area is 121 Å². The average Bonchev–Trinajstić information content (AvgIpc) is 2.52. The maximum atomic E-state index is 12.3. The monoisotopic (exact) mass is 281 g/mol. The number of nitrogens with zero attached hydrogens (tertiary/aromatic N) is 4. The Bertz CT molecular complexity index is 810. The first-order valence-electron chi connectivity index (χ1n) is 6.79. The molecule has 3 rings (SSSR count). The van der Waals surface area contributed by atoms with Crippen molar-refractivity contribution in [1.29, 1.82) is 0 Å². The van der Waals surface area contributed by atoms with E-state index in [4.69, 9.17) is 0 Å². The summed E-state index contributed by atoms with van der Waals surface area (Å²) >= 11 is 0. The van der Waals surface area contributed by atoms with Crippen LogP contribution in [0.2, 0.25) is 0 Å². The third-order valence-electron chi connectivity index (χ3n) is 3.14. The molecule has 6 heteroatoms. The second-order valence-corrected chi connectivity index (χ2v) is 4.65. The van der Waals surface area contributed by atoms with Crippen molar-refractivity contribution in [2.45, 2.75) is 13.5 Å². The fourth-order valence-corrected chi connectivity index (χ4v) is 2.10. The van der Waals surface area contributed by atoms with Crippen LogP contribution in [-0.2, 0) is 6.54 Å². The normalized spacial score (nSPS) is 10.7. The lowest BCUT2D eigenvalue weighted by molar-refractivity contribution is 0.599. The minimum absolute atomic E-state index is 0.142. The van der Waals surface area contributed by atoms with Gasteiger partial charge in [-0.2, -0.15) is 0 Å². The lowest BCUT2D eigenvalue weighted by atomic mass is 10.2. The summed E-state index contributed by atoms with van der Waals surface area (Å²) in [6.45, 7) is 3.19. The fraction of sp³-hybridized carbons (Fsp3) is 0.200. The van der Waals surface area contributed by atoms with Crippen LogP contribution in [0.15, 0.2) is 47.4 Å². The molecule has 0 atom stereocenters. The molecule has 0 aliphatic rings. The Morgan fingerprint density at radius 1 is 1.19 bits per heavy atom. The van der Waals surface area contributed by atoms with Gasteiger partial charge in [0.2, 0.25) is 0 Å². The molecular weight excluding hydrogens is 266 g/mol. The van der Waals surface area contributed by atoms with Gasteiger partial charge in [0.1, 0.15) is 11.3 Å². The smallest absolute Gasteiger partial charge is 0.277 e. The van der Waals surface area contributed by atoms with E-state index in [2.05, 4.69) is 20.6 Å². The van der Waals surface area contributed by atoms with Crippen molar-refractivity contribution < 1.29 is 0 Å². The number of benzene rings is 1. The number of anilines is 1. The van der Waals surface area contributed by atoms with Crippen LogP contribution in [0, 0.1) is 0 Å². The molecular formula is C15H15N5O. The zero-order valence-electron chi connectivity index (χ0n) is 11.7. The molecule has 2 aromatic heterocycles. The predicted molar refractivity (Wildman–Crippen MR) is 81.3 cm³/mol. The van der Waals surface area contributed by atoms with Gasteiger partial charge in [0.15, 0.2) is 0 Å². The molecule has 0 saturated heterocycles. The number of hydrogen-bond acceptors (Lipinski definition) is 5. The zero-order valence-corrected chi connectivity index (χ0v) is 11.7. The number of rotatable bonds is 4. The van der Waals surface area contributed by atoms with Gasteiger partial charge in [-0.1, -0.05) is 23.4 Å². The Morgan fingerprint density at radius 3 is 2.81 bits per heavy atom. The lowest BCUT2D eigenvalue weighted by Crippen LogP contribution is -2.24. The SMILES string of the molecule is CCNc1ccc(Cn2nnc3ccccc3c2=O)cn1. The maximum absolute atomic E-state index is 12.3. The summed E-state index contributed by atoms with van der Waals surface area (Å²) in [5, 5.41) is 11.7. The Kier molecular flexibility index (Phi) is 3.59. The molecule has 3 aromatic rings. The van der Waals surface area contributed by atoms with Crippen molar-refractivity contribution in [2.24, 2.45) is 0 Å². The largest absolute Gasteiger partial charge is 0.370 e. The second-order valence-electron chi connectivity index (χ2n) is 4.65. The van der Waals surface area contributed by atoms with E-state index >= 15 is 0 Å². The third-order valence-corrected chi connectivity index (χ3v) is 3.14. The predicted octanol–water partition coefficient (Wildman–Crippen LogP) is 1.67. The van der Waals surface area contributed by atoms with E-state index in [1.165, 1.54) is 4.68 Å². The summed E-state index contributed by atoms with van der Waals surface area (Å²) < 4.78 is 1.35. The van der Waals surface area contributed by atoms with E-state index in [0.717, 1.165) is 17.9 Å². The highest BCUT2D eigenvalue weighted by atomic mass is 16.1. The number of aromatic nitrogens is 4. The maximum Gasteiger partial charge on any atom is 0.277 e. The van der Waals surface area contributed by atoms with Crippen molar-refractivity contribution in [1.82, 2.24) is 20.0 Å². The molecule has 0 amide bonds. The second kappa shape index (κ2) is 5.70. The lowest BCUT2D eigenvalue weighted by Gasteiger charge is -2.06. The van der Waals surface area contributed by atoms with Gasteiger partial charge in [-0.05, 0) is 30.7 Å². The van der Waals surface area contributed by atoms with Gasteiger partial charge in [0.25, 0.3) is 5.56 Å². The molecule has 0 fully saturated rings. The van der Waals surface area contributed by atoms with Crippen LogP contribution in [0.1, 0.15) is 12.5 Å². The molecule has 0 aliphatic carbocycles. The van der Waals surface area contributed by atoms with E-state index in [1.807, 2.05) is 31.2 Å². The molecule has 1 aromatic carbocycles. The van der Waals surface area contributed by atoms with E-state index in [-0.39, 0.29) is 5.56 Å². The molecule has 0 unspecified atom stereocenters. The van der Waals surface area contributed by atoms with Crippen LogP contribution in [0.5, 0.6) is 0 Å². The van der Waals surface area contributed by atoms with Gasteiger partial charge in [-0.15, -0.1) is 5.10 Å². The summed E-state index contributed by atoms with van der Waals surface area (Å²) in [6.07, 6.45) is 1.74. The molecule has 0 bridgehead atoms. The number of pyridine rings is 1. The van der Waals surface area contributed by atoms with Crippen molar-refractivity contribution in [3.8, 4) is 0 Å². The van der Waals surface area contributed by atoms with Gasteiger partial charge in [0.05, 0.1) is 11.9 Å². The van der Waals surface area contributed by atoms with E-state index in [0.29, 0.717) is 17.4 Å². The average molecular weight is 281 g/mol. The van der Waals surface area contributed by atoms with Gasteiger partial charge in [0, 0.05) is 12.7 Å². The molecule has 0 radical (unpaired) electrons. The number of hydrogen-bond donors (Lipinski definition) is 1. The standard InChI is InChI=1S/C15H15N5O/c1-2-16-14-8-7-11(9-17-14)10-20-15(21)12-5-3-4-6-13(12)18-19-20/h3-9H,2,10H2,1H3,(H,16,17). The Balaban J connectivity index is 1.91. The first kappa shape index (κ1) is 13.2. The van der Waals surface area contributed by atoms with Crippen LogP contribution < -0.4 is 10.9 Å². The minimum atomic E-state index is -0.142. The molecule has 0 saturated carbocycles. The highest BCUT2D eigenvalue weighted by Gasteiger charge is 2.05. The van der Waals surface area contributed by atoms with Crippen LogP contribution >= 0.6 is 0 Å². The Morgan fingerprint density at radius 2 is 2.05 bits per heavy atom. The van der Waals surface area contributed by atoms with Crippen molar-refractivity contribution >= 4 is 16.7 Å². The summed E-state index contributed by atoms with van der Waals surface area (Å²) in [5.74, 6) is 0.818. The highest BCUT2D eigenvalue weighted by Crippen LogP contribution is 2.07. The third kappa shape index (κ3) is 2.74. The molecule has 6 nitrogen and oxygen atoms in total. The van der Waals surface area contributed by atoms with Crippen molar-refractivity contribution in [3.05, 3.63) is 58.5 Å². The first-order valence-corrected chi connectivity index (χ1v) is 6.79. The molecule has 21 heavy (non-hydrogen) atoms. The molecule has 1 N–H and O–H groups in total. The quantitative estimate of drug-likeness (QED) is 0.787. The van der Waals surface area contributed by atoms with Crippen LogP contribution in [0.25, 0.3) is 10.9 Å². The van der Waals surface area contributed by atoms with Crippen LogP contribution in [0.4, 0.5) is 5.82 Å². The molecule has 2 heterocycles. The van der Waals surface area contributed by atoms with Gasteiger partial charge in [-0.25, -0.2) is 9.67 Å². The summed E-state index contributed by atoms with van der Waals surface area (Å²) in [4.78, 5) is 16.6. The first-order chi connectivity index (χ1) is 10.3. The summed E-state index contributed by atoms with van der Waals surface area (Å²) in [5.41, 5.74) is 1.37. The zero-order chi connectivity index (χ0) is 14.7. The van der Waals surface area contributed by atoms with Gasteiger partial charge in [-0.3, -0.25) is 4.79 Å².